The van der Waals surface area contributed by atoms with Crippen molar-refractivity contribution in [3.05, 3.63) is 11.7 Å². The highest BCUT2D eigenvalue weighted by Gasteiger charge is 2.11. The Bertz CT molecular complexity index is 337. The fraction of sp³-hybridized carbons (Fsp3) is 0.700. The number of aryl methyl sites for hydroxylation is 1. The van der Waals surface area contributed by atoms with Crippen molar-refractivity contribution in [2.45, 2.75) is 26.7 Å². The Morgan fingerprint density at radius 1 is 1.62 bits per heavy atom. The number of carbonyl (C=O) groups is 1. The molecule has 1 rings (SSSR count). The van der Waals surface area contributed by atoms with E-state index in [4.69, 9.17) is 10.3 Å². The molecule has 0 saturated heterocycles. The molecular weight excluding hydrogens is 208 g/mol. The molecular formula is C10H18N4O2. The molecule has 1 unspecified atom stereocenters. The number of rotatable bonds is 6. The lowest BCUT2D eigenvalue weighted by Crippen LogP contribution is -2.31. The van der Waals surface area contributed by atoms with E-state index >= 15 is 0 Å². The van der Waals surface area contributed by atoms with Crippen LogP contribution in [0, 0.1) is 12.8 Å². The molecule has 6 nitrogen and oxygen atoms in total. The maximum atomic E-state index is 11.5. The highest BCUT2D eigenvalue weighted by Crippen LogP contribution is 2.00. The van der Waals surface area contributed by atoms with Gasteiger partial charge in [0.05, 0.1) is 0 Å². The summed E-state index contributed by atoms with van der Waals surface area (Å²) in [5, 5.41) is 6.47. The summed E-state index contributed by atoms with van der Waals surface area (Å²) in [5.74, 6) is 1.12. The second-order valence-corrected chi connectivity index (χ2v) is 3.75. The Morgan fingerprint density at radius 2 is 2.38 bits per heavy atom. The molecule has 0 spiro atoms. The van der Waals surface area contributed by atoms with Crippen LogP contribution in [-0.2, 0) is 11.2 Å². The van der Waals surface area contributed by atoms with Gasteiger partial charge in [0.15, 0.2) is 5.82 Å². The first kappa shape index (κ1) is 12.6. The zero-order chi connectivity index (χ0) is 12.0. The normalized spacial score (nSPS) is 12.4. The molecule has 0 fully saturated rings. The minimum Gasteiger partial charge on any atom is -0.355 e. The van der Waals surface area contributed by atoms with Gasteiger partial charge >= 0.3 is 0 Å². The number of carbonyl (C=O) groups excluding carboxylic acids is 1. The third-order valence-electron chi connectivity index (χ3n) is 2.25. The fourth-order valence-electron chi connectivity index (χ4n) is 1.29. The number of nitrogens with zero attached hydrogens (tertiary/aromatic N) is 2. The van der Waals surface area contributed by atoms with Crippen LogP contribution in [0.3, 0.4) is 0 Å². The van der Waals surface area contributed by atoms with Crippen molar-refractivity contribution in [1.29, 1.82) is 0 Å². The summed E-state index contributed by atoms with van der Waals surface area (Å²) in [7, 11) is 0. The smallest absolute Gasteiger partial charge is 0.228 e. The van der Waals surface area contributed by atoms with Gasteiger partial charge in [-0.2, -0.15) is 4.98 Å². The van der Waals surface area contributed by atoms with E-state index < -0.39 is 0 Å². The number of hydrogen-bond acceptors (Lipinski definition) is 5. The fourth-order valence-corrected chi connectivity index (χ4v) is 1.29. The number of nitrogens with two attached hydrogens (primary N) is 1. The number of aromatic nitrogens is 2. The van der Waals surface area contributed by atoms with Gasteiger partial charge in [-0.15, -0.1) is 0 Å². The highest BCUT2D eigenvalue weighted by molar-refractivity contribution is 5.78. The predicted molar refractivity (Wildman–Crippen MR) is 58.6 cm³/mol. The molecule has 1 amide bonds. The summed E-state index contributed by atoms with van der Waals surface area (Å²) < 4.78 is 4.92. The van der Waals surface area contributed by atoms with Crippen molar-refractivity contribution < 1.29 is 9.32 Å². The van der Waals surface area contributed by atoms with E-state index in [-0.39, 0.29) is 11.8 Å². The quantitative estimate of drug-likeness (QED) is 0.713. The molecule has 1 aromatic heterocycles. The van der Waals surface area contributed by atoms with E-state index in [2.05, 4.69) is 15.5 Å². The molecule has 0 radical (unpaired) electrons. The number of nitrogens with one attached hydrogen (secondary N) is 1. The first-order valence-corrected chi connectivity index (χ1v) is 5.40. The summed E-state index contributed by atoms with van der Waals surface area (Å²) in [6.45, 7) is 4.65. The van der Waals surface area contributed by atoms with Crippen LogP contribution in [-0.4, -0.2) is 29.1 Å². The molecule has 1 atom stereocenters. The topological polar surface area (TPSA) is 94.0 Å². The van der Waals surface area contributed by atoms with Gasteiger partial charge in [0.1, 0.15) is 0 Å². The SMILES string of the molecule is Cc1noc(CCNC(=O)C(C)CCN)n1. The Kier molecular flexibility index (Phi) is 4.91. The lowest BCUT2D eigenvalue weighted by Gasteiger charge is -2.09. The lowest BCUT2D eigenvalue weighted by atomic mass is 10.1. The van der Waals surface area contributed by atoms with Crippen LogP contribution in [0.15, 0.2) is 4.52 Å². The molecule has 6 heteroatoms. The molecule has 0 aliphatic rings. The summed E-state index contributed by atoms with van der Waals surface area (Å²) in [6.07, 6.45) is 1.26. The minimum absolute atomic E-state index is 0.0155. The predicted octanol–water partition coefficient (Wildman–Crippen LogP) is 0.0216. The molecule has 0 aromatic carbocycles. The van der Waals surface area contributed by atoms with Gasteiger partial charge in [0.25, 0.3) is 0 Å². The van der Waals surface area contributed by atoms with Gasteiger partial charge in [0, 0.05) is 18.9 Å². The first-order valence-electron chi connectivity index (χ1n) is 5.40. The van der Waals surface area contributed by atoms with E-state index in [9.17, 15) is 4.79 Å². The average Bonchev–Trinajstić information content (AvgIpc) is 2.64. The molecule has 16 heavy (non-hydrogen) atoms. The van der Waals surface area contributed by atoms with Crippen LogP contribution in [0.5, 0.6) is 0 Å². The molecule has 90 valence electrons. The zero-order valence-corrected chi connectivity index (χ0v) is 9.69. The Hall–Kier alpha value is -1.43. The van der Waals surface area contributed by atoms with Crippen molar-refractivity contribution in [2.24, 2.45) is 11.7 Å². The van der Waals surface area contributed by atoms with Gasteiger partial charge in [-0.3, -0.25) is 4.79 Å². The molecule has 0 bridgehead atoms. The Labute approximate surface area is 94.6 Å². The van der Waals surface area contributed by atoms with Crippen LogP contribution >= 0.6 is 0 Å². The molecule has 3 N–H and O–H groups in total. The van der Waals surface area contributed by atoms with Crippen LogP contribution in [0.4, 0.5) is 0 Å². The number of hydrogen-bond donors (Lipinski definition) is 2. The zero-order valence-electron chi connectivity index (χ0n) is 9.69. The summed E-state index contributed by atoms with van der Waals surface area (Å²) in [5.41, 5.74) is 5.38. The van der Waals surface area contributed by atoms with Crippen LogP contribution in [0.1, 0.15) is 25.1 Å². The van der Waals surface area contributed by atoms with Gasteiger partial charge < -0.3 is 15.6 Å². The maximum Gasteiger partial charge on any atom is 0.228 e. The second kappa shape index (κ2) is 6.22. The summed E-state index contributed by atoms with van der Waals surface area (Å²) >= 11 is 0. The largest absolute Gasteiger partial charge is 0.355 e. The molecule has 0 aliphatic heterocycles. The van der Waals surface area contributed by atoms with E-state index in [1.165, 1.54) is 0 Å². The summed E-state index contributed by atoms with van der Waals surface area (Å²) in [6, 6.07) is 0. The van der Waals surface area contributed by atoms with E-state index in [1.807, 2.05) is 6.92 Å². The lowest BCUT2D eigenvalue weighted by molar-refractivity contribution is -0.124. The molecule has 1 aromatic rings. The third kappa shape index (κ3) is 3.98. The van der Waals surface area contributed by atoms with Gasteiger partial charge in [0.2, 0.25) is 11.8 Å². The molecule has 0 saturated carbocycles. The second-order valence-electron chi connectivity index (χ2n) is 3.75. The highest BCUT2D eigenvalue weighted by atomic mass is 16.5. The maximum absolute atomic E-state index is 11.5. The Balaban J connectivity index is 2.22. The van der Waals surface area contributed by atoms with Crippen molar-refractivity contribution in [3.63, 3.8) is 0 Å². The number of amides is 1. The van der Waals surface area contributed by atoms with Crippen molar-refractivity contribution >= 4 is 5.91 Å². The van der Waals surface area contributed by atoms with Crippen molar-refractivity contribution in [2.75, 3.05) is 13.1 Å². The van der Waals surface area contributed by atoms with Crippen LogP contribution in [0.2, 0.25) is 0 Å². The van der Waals surface area contributed by atoms with Gasteiger partial charge in [-0.25, -0.2) is 0 Å². The van der Waals surface area contributed by atoms with E-state index in [0.29, 0.717) is 37.6 Å². The van der Waals surface area contributed by atoms with E-state index in [0.717, 1.165) is 0 Å². The standard InChI is InChI=1S/C10H18N4O2/c1-7(3-5-11)10(15)12-6-4-9-13-8(2)14-16-9/h7H,3-6,11H2,1-2H3,(H,12,15). The molecule has 0 aliphatic carbocycles. The molecule has 1 heterocycles. The third-order valence-corrected chi connectivity index (χ3v) is 2.25. The van der Waals surface area contributed by atoms with Crippen LogP contribution < -0.4 is 11.1 Å². The van der Waals surface area contributed by atoms with Gasteiger partial charge in [-0.1, -0.05) is 12.1 Å². The van der Waals surface area contributed by atoms with E-state index in [1.54, 1.807) is 6.92 Å². The Morgan fingerprint density at radius 3 is 2.94 bits per heavy atom. The van der Waals surface area contributed by atoms with Crippen LogP contribution in [0.25, 0.3) is 0 Å². The summed E-state index contributed by atoms with van der Waals surface area (Å²) in [4.78, 5) is 15.5. The monoisotopic (exact) mass is 226 g/mol. The minimum atomic E-state index is -0.0468. The average molecular weight is 226 g/mol. The van der Waals surface area contributed by atoms with Crippen molar-refractivity contribution in [1.82, 2.24) is 15.5 Å². The van der Waals surface area contributed by atoms with Gasteiger partial charge in [-0.05, 0) is 19.9 Å². The first-order chi connectivity index (χ1) is 7.63. The van der Waals surface area contributed by atoms with Crippen molar-refractivity contribution in [3.8, 4) is 0 Å².